The van der Waals surface area contributed by atoms with E-state index < -0.39 is 5.97 Å². The second-order valence-electron chi connectivity index (χ2n) is 5.73. The third-order valence-electron chi connectivity index (χ3n) is 3.94. The van der Waals surface area contributed by atoms with Crippen molar-refractivity contribution in [3.05, 3.63) is 103 Å². The quantitative estimate of drug-likeness (QED) is 0.397. The molecule has 4 aromatic rings. The van der Waals surface area contributed by atoms with E-state index in [4.69, 9.17) is 4.74 Å². The number of esters is 1. The van der Waals surface area contributed by atoms with Crippen LogP contribution in [0.2, 0.25) is 0 Å². The van der Waals surface area contributed by atoms with Crippen LogP contribution < -0.4 is 4.74 Å². The zero-order valence-electron chi connectivity index (χ0n) is 13.9. The van der Waals surface area contributed by atoms with Crippen LogP contribution in [0, 0.1) is 0 Å². The van der Waals surface area contributed by atoms with E-state index in [9.17, 15) is 4.79 Å². The number of hydrogen-bond acceptors (Lipinski definition) is 3. The van der Waals surface area contributed by atoms with Crippen molar-refractivity contribution in [2.75, 3.05) is 0 Å². The summed E-state index contributed by atoms with van der Waals surface area (Å²) in [5, 5.41) is 4.63. The van der Waals surface area contributed by atoms with Crippen LogP contribution in [0.25, 0.3) is 16.9 Å². The molecule has 0 aliphatic carbocycles. The van der Waals surface area contributed by atoms with E-state index in [-0.39, 0.29) is 0 Å². The molecular formula is C22H16N2O2. The first-order valence-electron chi connectivity index (χ1n) is 8.29. The highest BCUT2D eigenvalue weighted by Crippen LogP contribution is 2.23. The normalized spacial score (nSPS) is 10.5. The van der Waals surface area contributed by atoms with Gasteiger partial charge in [0.15, 0.2) is 5.69 Å². The van der Waals surface area contributed by atoms with E-state index in [1.165, 1.54) is 0 Å². The van der Waals surface area contributed by atoms with Gasteiger partial charge in [0.2, 0.25) is 0 Å². The van der Waals surface area contributed by atoms with Crippen LogP contribution in [-0.4, -0.2) is 15.7 Å². The SMILES string of the molecule is O=C(Oc1ccccc1)c1cc(-c2ccccc2)nn1-c1ccccc1. The number of nitrogens with zero attached hydrogens (tertiary/aromatic N) is 2. The summed E-state index contributed by atoms with van der Waals surface area (Å²) in [7, 11) is 0. The Kier molecular flexibility index (Phi) is 4.31. The first-order valence-corrected chi connectivity index (χ1v) is 8.29. The fraction of sp³-hybridized carbons (Fsp3) is 0. The number of carbonyl (C=O) groups is 1. The third kappa shape index (κ3) is 3.26. The summed E-state index contributed by atoms with van der Waals surface area (Å²) < 4.78 is 7.13. The molecule has 0 saturated heterocycles. The second kappa shape index (κ2) is 7.07. The fourth-order valence-electron chi connectivity index (χ4n) is 2.69. The molecule has 0 spiro atoms. The van der Waals surface area contributed by atoms with Gasteiger partial charge in [-0.25, -0.2) is 9.48 Å². The van der Waals surface area contributed by atoms with E-state index in [1.807, 2.05) is 78.9 Å². The summed E-state index contributed by atoms with van der Waals surface area (Å²) >= 11 is 0. The smallest absolute Gasteiger partial charge is 0.362 e. The average Bonchev–Trinajstić information content (AvgIpc) is 3.16. The lowest BCUT2D eigenvalue weighted by atomic mass is 10.1. The van der Waals surface area contributed by atoms with Gasteiger partial charge in [-0.3, -0.25) is 0 Å². The zero-order valence-corrected chi connectivity index (χ0v) is 13.9. The highest BCUT2D eigenvalue weighted by atomic mass is 16.5. The zero-order chi connectivity index (χ0) is 17.8. The maximum absolute atomic E-state index is 12.8. The topological polar surface area (TPSA) is 44.1 Å². The van der Waals surface area contributed by atoms with Crippen LogP contribution in [0.3, 0.4) is 0 Å². The number of carbonyl (C=O) groups excluding carboxylic acids is 1. The number of rotatable bonds is 4. The van der Waals surface area contributed by atoms with Gasteiger partial charge in [0.1, 0.15) is 5.75 Å². The number of hydrogen-bond donors (Lipinski definition) is 0. The predicted molar refractivity (Wildman–Crippen MR) is 100 cm³/mol. The van der Waals surface area contributed by atoms with E-state index in [1.54, 1.807) is 22.9 Å². The summed E-state index contributed by atoms with van der Waals surface area (Å²) in [6, 6.07) is 30.1. The molecule has 26 heavy (non-hydrogen) atoms. The first-order chi connectivity index (χ1) is 12.8. The molecular weight excluding hydrogens is 324 g/mol. The Balaban J connectivity index is 1.77. The minimum atomic E-state index is -0.449. The molecule has 3 aromatic carbocycles. The lowest BCUT2D eigenvalue weighted by Gasteiger charge is -2.07. The third-order valence-corrected chi connectivity index (χ3v) is 3.94. The maximum atomic E-state index is 12.8. The van der Waals surface area contributed by atoms with Gasteiger partial charge in [0, 0.05) is 5.56 Å². The molecule has 4 rings (SSSR count). The van der Waals surface area contributed by atoms with Crippen LogP contribution in [0.15, 0.2) is 97.1 Å². The fourth-order valence-corrected chi connectivity index (χ4v) is 2.69. The van der Waals surface area contributed by atoms with Crippen molar-refractivity contribution in [2.24, 2.45) is 0 Å². The average molecular weight is 340 g/mol. The lowest BCUT2D eigenvalue weighted by Crippen LogP contribution is -2.14. The minimum Gasteiger partial charge on any atom is -0.422 e. The minimum absolute atomic E-state index is 0.374. The van der Waals surface area contributed by atoms with Gasteiger partial charge in [-0.2, -0.15) is 5.10 Å². The van der Waals surface area contributed by atoms with Crippen molar-refractivity contribution in [3.8, 4) is 22.7 Å². The number of benzene rings is 3. The van der Waals surface area contributed by atoms with Crippen molar-refractivity contribution < 1.29 is 9.53 Å². The Morgan fingerprint density at radius 2 is 1.35 bits per heavy atom. The van der Waals surface area contributed by atoms with Gasteiger partial charge in [-0.15, -0.1) is 0 Å². The summed E-state index contributed by atoms with van der Waals surface area (Å²) in [5.41, 5.74) is 2.83. The largest absolute Gasteiger partial charge is 0.422 e. The molecule has 1 aromatic heterocycles. The second-order valence-corrected chi connectivity index (χ2v) is 5.73. The molecule has 0 fully saturated rings. The number of aromatic nitrogens is 2. The van der Waals surface area contributed by atoms with E-state index in [0.29, 0.717) is 11.4 Å². The van der Waals surface area contributed by atoms with Crippen molar-refractivity contribution >= 4 is 5.97 Å². The molecule has 0 aliphatic rings. The van der Waals surface area contributed by atoms with Gasteiger partial charge in [-0.05, 0) is 30.3 Å². The molecule has 4 nitrogen and oxygen atoms in total. The standard InChI is InChI=1S/C22H16N2O2/c25-22(26-19-14-8-3-9-15-19)21-16-20(17-10-4-1-5-11-17)23-24(21)18-12-6-2-7-13-18/h1-16H. The van der Waals surface area contributed by atoms with E-state index in [0.717, 1.165) is 16.9 Å². The van der Waals surface area contributed by atoms with Gasteiger partial charge in [0.25, 0.3) is 0 Å². The van der Waals surface area contributed by atoms with Gasteiger partial charge in [0.05, 0.1) is 11.4 Å². The highest BCUT2D eigenvalue weighted by Gasteiger charge is 2.19. The molecule has 0 unspecified atom stereocenters. The summed E-state index contributed by atoms with van der Waals surface area (Å²) in [4.78, 5) is 12.8. The molecule has 4 heteroatoms. The van der Waals surface area contributed by atoms with Crippen molar-refractivity contribution in [3.63, 3.8) is 0 Å². The Bertz CT molecular complexity index is 1010. The maximum Gasteiger partial charge on any atom is 0.362 e. The van der Waals surface area contributed by atoms with Crippen LogP contribution in [-0.2, 0) is 0 Å². The van der Waals surface area contributed by atoms with Gasteiger partial charge >= 0.3 is 5.97 Å². The first kappa shape index (κ1) is 15.8. The molecule has 0 radical (unpaired) electrons. The summed E-state index contributed by atoms with van der Waals surface area (Å²) in [5.74, 6) is 0.0503. The Labute approximate surface area is 151 Å². The molecule has 0 bridgehead atoms. The highest BCUT2D eigenvalue weighted by molar-refractivity contribution is 5.91. The molecule has 1 heterocycles. The Hall–Kier alpha value is -3.66. The van der Waals surface area contributed by atoms with E-state index in [2.05, 4.69) is 5.10 Å². The lowest BCUT2D eigenvalue weighted by molar-refractivity contribution is 0.0725. The Morgan fingerprint density at radius 3 is 2.00 bits per heavy atom. The number of ether oxygens (including phenoxy) is 1. The van der Waals surface area contributed by atoms with Crippen LogP contribution >= 0.6 is 0 Å². The molecule has 0 saturated carbocycles. The monoisotopic (exact) mass is 340 g/mol. The van der Waals surface area contributed by atoms with Crippen LogP contribution in [0.5, 0.6) is 5.75 Å². The number of para-hydroxylation sites is 2. The molecule has 0 aliphatic heterocycles. The van der Waals surface area contributed by atoms with E-state index >= 15 is 0 Å². The van der Waals surface area contributed by atoms with Crippen molar-refractivity contribution in [1.82, 2.24) is 9.78 Å². The van der Waals surface area contributed by atoms with Crippen molar-refractivity contribution in [1.29, 1.82) is 0 Å². The molecule has 0 atom stereocenters. The summed E-state index contributed by atoms with van der Waals surface area (Å²) in [6.07, 6.45) is 0. The van der Waals surface area contributed by atoms with Gasteiger partial charge < -0.3 is 4.74 Å². The predicted octanol–water partition coefficient (Wildman–Crippen LogP) is 4.76. The Morgan fingerprint density at radius 1 is 0.769 bits per heavy atom. The van der Waals surface area contributed by atoms with Crippen LogP contribution in [0.4, 0.5) is 0 Å². The van der Waals surface area contributed by atoms with Crippen molar-refractivity contribution in [2.45, 2.75) is 0 Å². The van der Waals surface area contributed by atoms with Gasteiger partial charge in [-0.1, -0.05) is 66.7 Å². The summed E-state index contributed by atoms with van der Waals surface area (Å²) in [6.45, 7) is 0. The van der Waals surface area contributed by atoms with Crippen LogP contribution in [0.1, 0.15) is 10.5 Å². The molecule has 0 amide bonds. The molecule has 0 N–H and O–H groups in total. The molecule has 126 valence electrons.